The van der Waals surface area contributed by atoms with Crippen molar-refractivity contribution < 1.29 is 9.47 Å². The molecule has 0 saturated carbocycles. The van der Waals surface area contributed by atoms with Gasteiger partial charge in [0, 0.05) is 11.8 Å². The van der Waals surface area contributed by atoms with E-state index < -0.39 is 0 Å². The number of aryl methyl sites for hydroxylation is 1. The predicted octanol–water partition coefficient (Wildman–Crippen LogP) is 2.77. The Hall–Kier alpha value is -2.23. The Kier molecular flexibility index (Phi) is 3.14. The van der Waals surface area contributed by atoms with E-state index in [1.54, 1.807) is 19.2 Å². The number of aromatic nitrogens is 1. The van der Waals surface area contributed by atoms with Crippen LogP contribution in [-0.4, -0.2) is 12.1 Å². The van der Waals surface area contributed by atoms with Gasteiger partial charge >= 0.3 is 0 Å². The summed E-state index contributed by atoms with van der Waals surface area (Å²) in [5.41, 5.74) is 7.16. The lowest BCUT2D eigenvalue weighted by atomic mass is 10.3. The monoisotopic (exact) mass is 230 g/mol. The summed E-state index contributed by atoms with van der Waals surface area (Å²) >= 11 is 0. The zero-order chi connectivity index (χ0) is 12.3. The van der Waals surface area contributed by atoms with E-state index in [9.17, 15) is 0 Å². The van der Waals surface area contributed by atoms with Crippen LogP contribution in [0.3, 0.4) is 0 Å². The predicted molar refractivity (Wildman–Crippen MR) is 66.5 cm³/mol. The average molecular weight is 230 g/mol. The van der Waals surface area contributed by atoms with Crippen LogP contribution in [0.4, 0.5) is 5.69 Å². The zero-order valence-corrected chi connectivity index (χ0v) is 9.81. The van der Waals surface area contributed by atoms with E-state index in [-0.39, 0.29) is 0 Å². The summed E-state index contributed by atoms with van der Waals surface area (Å²) in [4.78, 5) is 4.24. The van der Waals surface area contributed by atoms with E-state index in [2.05, 4.69) is 4.98 Å². The third kappa shape index (κ3) is 2.66. The minimum Gasteiger partial charge on any atom is -0.497 e. The Labute approximate surface area is 100 Å². The molecule has 88 valence electrons. The highest BCUT2D eigenvalue weighted by Crippen LogP contribution is 2.27. The van der Waals surface area contributed by atoms with Crippen LogP contribution in [0, 0.1) is 6.92 Å². The van der Waals surface area contributed by atoms with Gasteiger partial charge in [0.15, 0.2) is 0 Å². The number of hydrogen-bond donors (Lipinski definition) is 1. The van der Waals surface area contributed by atoms with Gasteiger partial charge in [-0.15, -0.1) is 0 Å². The van der Waals surface area contributed by atoms with E-state index in [1.165, 1.54) is 0 Å². The van der Waals surface area contributed by atoms with Crippen LogP contribution in [-0.2, 0) is 0 Å². The molecule has 17 heavy (non-hydrogen) atoms. The second-order valence-electron chi connectivity index (χ2n) is 3.63. The van der Waals surface area contributed by atoms with Crippen molar-refractivity contribution in [1.82, 2.24) is 4.98 Å². The van der Waals surface area contributed by atoms with Crippen LogP contribution in [0.2, 0.25) is 0 Å². The number of nitrogens with two attached hydrogens (primary N) is 1. The van der Waals surface area contributed by atoms with Crippen molar-refractivity contribution in [2.24, 2.45) is 0 Å². The summed E-state index contributed by atoms with van der Waals surface area (Å²) in [6.07, 6.45) is 0. The first-order valence-corrected chi connectivity index (χ1v) is 5.24. The lowest BCUT2D eigenvalue weighted by Crippen LogP contribution is -1.96. The minimum absolute atomic E-state index is 0.415. The van der Waals surface area contributed by atoms with Gasteiger partial charge in [-0.1, -0.05) is 6.07 Å². The van der Waals surface area contributed by atoms with Crippen LogP contribution in [0.15, 0.2) is 36.4 Å². The van der Waals surface area contributed by atoms with Gasteiger partial charge < -0.3 is 15.2 Å². The largest absolute Gasteiger partial charge is 0.497 e. The normalized spacial score (nSPS) is 10.0. The maximum Gasteiger partial charge on any atom is 0.242 e. The molecule has 0 atom stereocenters. The summed E-state index contributed by atoms with van der Waals surface area (Å²) in [5.74, 6) is 1.79. The molecular weight excluding hydrogens is 216 g/mol. The second-order valence-corrected chi connectivity index (χ2v) is 3.63. The van der Waals surface area contributed by atoms with Crippen LogP contribution >= 0.6 is 0 Å². The average Bonchev–Trinajstić information content (AvgIpc) is 2.34. The molecule has 1 aromatic carbocycles. The Morgan fingerprint density at radius 1 is 1.12 bits per heavy atom. The molecule has 0 radical (unpaired) electrons. The Morgan fingerprint density at radius 2 is 1.88 bits per heavy atom. The molecule has 0 amide bonds. The van der Waals surface area contributed by atoms with Crippen molar-refractivity contribution in [3.05, 3.63) is 42.1 Å². The minimum atomic E-state index is 0.415. The van der Waals surface area contributed by atoms with Gasteiger partial charge in [0.05, 0.1) is 12.8 Å². The third-order valence-electron chi connectivity index (χ3n) is 2.28. The SMILES string of the molecule is COc1cccc(Oc2nc(C)ccc2N)c1. The van der Waals surface area contributed by atoms with Crippen molar-refractivity contribution in [2.75, 3.05) is 12.8 Å². The molecule has 0 unspecified atom stereocenters. The standard InChI is InChI=1S/C13H14N2O2/c1-9-6-7-12(14)13(15-9)17-11-5-3-4-10(8-11)16-2/h3-8H,14H2,1-2H3. The van der Waals surface area contributed by atoms with Crippen molar-refractivity contribution in [3.63, 3.8) is 0 Å². The van der Waals surface area contributed by atoms with Crippen molar-refractivity contribution in [3.8, 4) is 17.4 Å². The van der Waals surface area contributed by atoms with Crippen molar-refractivity contribution in [1.29, 1.82) is 0 Å². The van der Waals surface area contributed by atoms with Crippen LogP contribution in [0.5, 0.6) is 17.4 Å². The number of hydrogen-bond acceptors (Lipinski definition) is 4. The molecule has 0 aliphatic heterocycles. The highest BCUT2D eigenvalue weighted by molar-refractivity contribution is 5.50. The molecular formula is C13H14N2O2. The summed E-state index contributed by atoms with van der Waals surface area (Å²) in [6, 6.07) is 10.9. The molecule has 1 heterocycles. The fourth-order valence-electron chi connectivity index (χ4n) is 1.40. The number of nitrogens with zero attached hydrogens (tertiary/aromatic N) is 1. The lowest BCUT2D eigenvalue weighted by molar-refractivity contribution is 0.407. The maximum atomic E-state index is 5.79. The van der Waals surface area contributed by atoms with Gasteiger partial charge in [0.2, 0.25) is 5.88 Å². The van der Waals surface area contributed by atoms with E-state index in [0.29, 0.717) is 17.3 Å². The molecule has 2 rings (SSSR count). The number of methoxy groups -OCH3 is 1. The van der Waals surface area contributed by atoms with E-state index in [1.807, 2.05) is 31.2 Å². The molecule has 0 spiro atoms. The molecule has 0 aliphatic carbocycles. The number of rotatable bonds is 3. The summed E-state index contributed by atoms with van der Waals surface area (Å²) in [7, 11) is 1.61. The summed E-state index contributed by atoms with van der Waals surface area (Å²) < 4.78 is 10.7. The zero-order valence-electron chi connectivity index (χ0n) is 9.81. The Balaban J connectivity index is 2.27. The van der Waals surface area contributed by atoms with Crippen LogP contribution < -0.4 is 15.2 Å². The fourth-order valence-corrected chi connectivity index (χ4v) is 1.40. The van der Waals surface area contributed by atoms with Gasteiger partial charge in [0.1, 0.15) is 11.5 Å². The van der Waals surface area contributed by atoms with Gasteiger partial charge in [0.25, 0.3) is 0 Å². The van der Waals surface area contributed by atoms with E-state index in [4.69, 9.17) is 15.2 Å². The molecule has 2 aromatic rings. The second kappa shape index (κ2) is 4.74. The first-order chi connectivity index (χ1) is 8.19. The van der Waals surface area contributed by atoms with E-state index in [0.717, 1.165) is 11.4 Å². The maximum absolute atomic E-state index is 5.79. The first kappa shape index (κ1) is 11.3. The smallest absolute Gasteiger partial charge is 0.242 e. The number of pyridine rings is 1. The van der Waals surface area contributed by atoms with E-state index >= 15 is 0 Å². The number of nitrogen functional groups attached to an aromatic ring is 1. The number of anilines is 1. The van der Waals surface area contributed by atoms with Crippen LogP contribution in [0.1, 0.15) is 5.69 Å². The molecule has 1 aromatic heterocycles. The van der Waals surface area contributed by atoms with Crippen molar-refractivity contribution in [2.45, 2.75) is 6.92 Å². The Morgan fingerprint density at radius 3 is 2.65 bits per heavy atom. The number of ether oxygens (including phenoxy) is 2. The summed E-state index contributed by atoms with van der Waals surface area (Å²) in [5, 5.41) is 0. The van der Waals surface area contributed by atoms with Gasteiger partial charge in [-0.25, -0.2) is 4.98 Å². The molecule has 4 nitrogen and oxygen atoms in total. The molecule has 0 bridgehead atoms. The van der Waals surface area contributed by atoms with Gasteiger partial charge in [-0.2, -0.15) is 0 Å². The first-order valence-electron chi connectivity index (χ1n) is 5.24. The third-order valence-corrected chi connectivity index (χ3v) is 2.28. The topological polar surface area (TPSA) is 57.4 Å². The van der Waals surface area contributed by atoms with Gasteiger partial charge in [-0.3, -0.25) is 0 Å². The molecule has 2 N–H and O–H groups in total. The Bertz CT molecular complexity index is 527. The quantitative estimate of drug-likeness (QED) is 0.880. The fraction of sp³-hybridized carbons (Fsp3) is 0.154. The molecule has 0 aliphatic rings. The highest BCUT2D eigenvalue weighted by Gasteiger charge is 2.05. The number of benzene rings is 1. The van der Waals surface area contributed by atoms with Crippen molar-refractivity contribution >= 4 is 5.69 Å². The lowest BCUT2D eigenvalue weighted by Gasteiger charge is -2.08. The molecule has 0 saturated heterocycles. The summed E-state index contributed by atoms with van der Waals surface area (Å²) in [6.45, 7) is 1.89. The van der Waals surface area contributed by atoms with Gasteiger partial charge in [-0.05, 0) is 31.2 Å². The molecule has 0 fully saturated rings. The highest BCUT2D eigenvalue weighted by atomic mass is 16.5. The van der Waals surface area contributed by atoms with Crippen LogP contribution in [0.25, 0.3) is 0 Å². The molecule has 4 heteroatoms.